The van der Waals surface area contributed by atoms with Crippen LogP contribution in [0.3, 0.4) is 0 Å². The number of nitrogens with one attached hydrogen (secondary N) is 1. The van der Waals surface area contributed by atoms with E-state index in [1.807, 2.05) is 13.8 Å². The summed E-state index contributed by atoms with van der Waals surface area (Å²) in [5.41, 5.74) is 0.220. The molecular weight excluding hydrogens is 412 g/mol. The molecule has 2 heterocycles. The summed E-state index contributed by atoms with van der Waals surface area (Å²) in [4.78, 5) is 23.9. The molecule has 1 atom stereocenters. The largest absolute Gasteiger partial charge is 0.492 e. The minimum Gasteiger partial charge on any atom is -0.492 e. The normalized spacial score (nSPS) is 15.2. The third kappa shape index (κ3) is 4.16. The number of aliphatic hydroxyl groups is 1. The van der Waals surface area contributed by atoms with Crippen molar-refractivity contribution in [2.24, 2.45) is 5.41 Å². The quantitative estimate of drug-likeness (QED) is 0.545. The number of benzene rings is 1. The van der Waals surface area contributed by atoms with Gasteiger partial charge in [0.1, 0.15) is 17.5 Å². The summed E-state index contributed by atoms with van der Waals surface area (Å²) in [5.74, 6) is -0.822. The van der Waals surface area contributed by atoms with Gasteiger partial charge in [0.15, 0.2) is 5.43 Å². The molecule has 30 heavy (non-hydrogen) atoms. The van der Waals surface area contributed by atoms with Gasteiger partial charge >= 0.3 is 5.97 Å². The second kappa shape index (κ2) is 8.67. The van der Waals surface area contributed by atoms with Crippen LogP contribution in [0.2, 0.25) is 5.02 Å². The second-order valence-electron chi connectivity index (χ2n) is 7.87. The molecule has 0 radical (unpaired) electrons. The Kier molecular flexibility index (Phi) is 6.40. The highest BCUT2D eigenvalue weighted by molar-refractivity contribution is 6.32. The fraction of sp³-hybridized carbons (Fsp3) is 0.429. The van der Waals surface area contributed by atoms with Gasteiger partial charge in [-0.15, -0.1) is 0 Å². The molecule has 3 rings (SSSR count). The van der Waals surface area contributed by atoms with Crippen molar-refractivity contribution in [1.29, 1.82) is 0 Å². The van der Waals surface area contributed by atoms with Gasteiger partial charge in [-0.1, -0.05) is 25.4 Å². The molecule has 2 aromatic rings. The fourth-order valence-electron chi connectivity index (χ4n) is 3.40. The molecule has 1 aliphatic rings. The Labute approximate surface area is 179 Å². The number of aromatic nitrogens is 1. The van der Waals surface area contributed by atoms with E-state index >= 15 is 0 Å². The lowest BCUT2D eigenvalue weighted by molar-refractivity contribution is 0.0693. The summed E-state index contributed by atoms with van der Waals surface area (Å²) >= 11 is 6.41. The number of ether oxygens (including phenoxy) is 2. The minimum atomic E-state index is -1.31. The molecule has 9 heteroatoms. The molecule has 1 aromatic heterocycles. The number of rotatable bonds is 8. The van der Waals surface area contributed by atoms with Crippen LogP contribution in [0.5, 0.6) is 5.75 Å². The summed E-state index contributed by atoms with van der Waals surface area (Å²) in [6.07, 6.45) is 1.50. The lowest BCUT2D eigenvalue weighted by atomic mass is 9.87. The molecular formula is C21H25ClN2O6. The Morgan fingerprint density at radius 2 is 2.03 bits per heavy atom. The van der Waals surface area contributed by atoms with Gasteiger partial charge in [0.25, 0.3) is 0 Å². The molecule has 0 saturated heterocycles. The first-order valence-electron chi connectivity index (χ1n) is 9.52. The maximum absolute atomic E-state index is 12.4. The van der Waals surface area contributed by atoms with Gasteiger partial charge in [-0.05, 0) is 6.07 Å². The lowest BCUT2D eigenvalue weighted by Gasteiger charge is -2.41. The van der Waals surface area contributed by atoms with E-state index in [1.54, 1.807) is 23.8 Å². The monoisotopic (exact) mass is 436 g/mol. The van der Waals surface area contributed by atoms with Crippen molar-refractivity contribution >= 4 is 23.3 Å². The number of fused-ring (bicyclic) bond motifs is 3. The molecule has 1 unspecified atom stereocenters. The van der Waals surface area contributed by atoms with E-state index in [9.17, 15) is 19.8 Å². The molecule has 3 N–H and O–H groups in total. The van der Waals surface area contributed by atoms with Gasteiger partial charge in [0.05, 0.1) is 23.9 Å². The zero-order valence-corrected chi connectivity index (χ0v) is 17.8. The van der Waals surface area contributed by atoms with Crippen LogP contribution in [0.1, 0.15) is 36.8 Å². The predicted octanol–water partition coefficient (Wildman–Crippen LogP) is 3.22. The number of pyridine rings is 1. The number of anilines is 1. The summed E-state index contributed by atoms with van der Waals surface area (Å²) in [6, 6.07) is 4.73. The van der Waals surface area contributed by atoms with E-state index in [2.05, 4.69) is 5.32 Å². The van der Waals surface area contributed by atoms with E-state index in [4.69, 9.17) is 21.1 Å². The lowest BCUT2D eigenvalue weighted by Crippen LogP contribution is -2.39. The van der Waals surface area contributed by atoms with E-state index in [0.29, 0.717) is 47.4 Å². The van der Waals surface area contributed by atoms with Crippen LogP contribution in [0, 0.1) is 5.41 Å². The van der Waals surface area contributed by atoms with E-state index < -0.39 is 23.0 Å². The van der Waals surface area contributed by atoms with E-state index in [-0.39, 0.29) is 12.2 Å². The zero-order chi connectivity index (χ0) is 22.1. The van der Waals surface area contributed by atoms with Gasteiger partial charge in [-0.25, -0.2) is 4.79 Å². The number of aromatic carboxylic acids is 1. The summed E-state index contributed by atoms with van der Waals surface area (Å²) in [5, 5.41) is 23.0. The first-order valence-corrected chi connectivity index (χ1v) is 9.90. The van der Waals surface area contributed by atoms with Crippen molar-refractivity contribution in [3.63, 3.8) is 0 Å². The molecule has 0 bridgehead atoms. The van der Waals surface area contributed by atoms with E-state index in [0.717, 1.165) is 0 Å². The number of carboxylic acid groups (broad SMARTS) is 1. The van der Waals surface area contributed by atoms with Crippen molar-refractivity contribution in [2.75, 3.05) is 32.2 Å². The molecule has 1 aromatic carbocycles. The van der Waals surface area contributed by atoms with Crippen LogP contribution in [-0.4, -0.2) is 47.7 Å². The summed E-state index contributed by atoms with van der Waals surface area (Å²) in [7, 11) is 1.62. The molecule has 0 saturated carbocycles. The fourth-order valence-corrected chi connectivity index (χ4v) is 3.61. The summed E-state index contributed by atoms with van der Waals surface area (Å²) in [6.45, 7) is 4.51. The van der Waals surface area contributed by atoms with Crippen LogP contribution in [0.15, 0.2) is 29.2 Å². The maximum atomic E-state index is 12.4. The van der Waals surface area contributed by atoms with Crippen LogP contribution in [-0.2, 0) is 4.74 Å². The third-order valence-corrected chi connectivity index (χ3v) is 5.42. The zero-order valence-electron chi connectivity index (χ0n) is 17.1. The second-order valence-corrected chi connectivity index (χ2v) is 8.27. The molecule has 0 fully saturated rings. The number of hydrogen-bond donors (Lipinski definition) is 3. The Morgan fingerprint density at radius 1 is 1.30 bits per heavy atom. The highest BCUT2D eigenvalue weighted by atomic mass is 35.5. The van der Waals surface area contributed by atoms with Gasteiger partial charge in [-0.3, -0.25) is 4.79 Å². The highest BCUT2D eigenvalue weighted by Gasteiger charge is 2.36. The van der Waals surface area contributed by atoms with Crippen LogP contribution in [0.4, 0.5) is 5.69 Å². The van der Waals surface area contributed by atoms with E-state index in [1.165, 1.54) is 12.3 Å². The molecule has 0 aliphatic carbocycles. The average Bonchev–Trinajstić information content (AvgIpc) is 2.70. The Balaban J connectivity index is 2.12. The Bertz CT molecular complexity index is 1020. The summed E-state index contributed by atoms with van der Waals surface area (Å²) < 4.78 is 12.5. The van der Waals surface area contributed by atoms with Gasteiger partial charge in [0.2, 0.25) is 0 Å². The Morgan fingerprint density at radius 3 is 2.67 bits per heavy atom. The van der Waals surface area contributed by atoms with Crippen molar-refractivity contribution in [3.8, 4) is 17.0 Å². The minimum absolute atomic E-state index is 0.165. The average molecular weight is 437 g/mol. The predicted molar refractivity (Wildman–Crippen MR) is 114 cm³/mol. The molecule has 0 spiro atoms. The number of carbonyl (C=O) groups is 1. The molecule has 1 aliphatic heterocycles. The van der Waals surface area contributed by atoms with Gasteiger partial charge in [0, 0.05) is 55.1 Å². The standard InChI is InChI=1S/C21H25ClN2O6/c1-21(2,11-25)20-23-15-8-18(30-6-4-5-29-3)14(22)7-12(15)16-9-17(26)13(19(27)28)10-24(16)20/h7-10,20,23,25H,4-6,11H2,1-3H3,(H,27,28). The first kappa shape index (κ1) is 22.1. The third-order valence-electron chi connectivity index (χ3n) is 5.13. The number of nitrogens with zero attached hydrogens (tertiary/aromatic N) is 1. The van der Waals surface area contributed by atoms with Crippen molar-refractivity contribution in [1.82, 2.24) is 4.57 Å². The molecule has 8 nitrogen and oxygen atoms in total. The molecule has 162 valence electrons. The van der Waals surface area contributed by atoms with Crippen molar-refractivity contribution in [2.45, 2.75) is 26.4 Å². The van der Waals surface area contributed by atoms with Crippen molar-refractivity contribution in [3.05, 3.63) is 45.2 Å². The SMILES string of the molecule is COCCCOc1cc2c(cc1Cl)-c1cc(=O)c(C(=O)O)cn1C(C(C)(C)CO)N2. The number of hydrogen-bond acceptors (Lipinski definition) is 6. The number of aliphatic hydroxyl groups excluding tert-OH is 1. The van der Waals surface area contributed by atoms with Crippen molar-refractivity contribution < 1.29 is 24.5 Å². The van der Waals surface area contributed by atoms with Crippen LogP contribution < -0.4 is 15.5 Å². The van der Waals surface area contributed by atoms with Gasteiger partial charge < -0.3 is 29.6 Å². The van der Waals surface area contributed by atoms with Gasteiger partial charge in [-0.2, -0.15) is 0 Å². The topological polar surface area (TPSA) is 110 Å². The number of carboxylic acids is 1. The smallest absolute Gasteiger partial charge is 0.341 e. The van der Waals surface area contributed by atoms with Crippen LogP contribution >= 0.6 is 11.6 Å². The highest BCUT2D eigenvalue weighted by Crippen LogP contribution is 2.45. The van der Waals surface area contributed by atoms with Crippen LogP contribution in [0.25, 0.3) is 11.3 Å². The Hall–Kier alpha value is -2.55. The number of halogens is 1. The molecule has 0 amide bonds. The number of methoxy groups -OCH3 is 1. The first-order chi connectivity index (χ1) is 14.2. The maximum Gasteiger partial charge on any atom is 0.341 e.